The summed E-state index contributed by atoms with van der Waals surface area (Å²) in [6, 6.07) is 9.67. The summed E-state index contributed by atoms with van der Waals surface area (Å²) in [7, 11) is 0. The largest absolute Gasteiger partial charge is 0.444 e. The number of anilines is 1. The average molecular weight is 420 g/mol. The number of nitrogens with zero attached hydrogens (tertiary/aromatic N) is 5. The lowest BCUT2D eigenvalue weighted by molar-refractivity contribution is 0.0746. The topological polar surface area (TPSA) is 75.4 Å². The first-order valence-corrected chi connectivity index (χ1v) is 10.8. The van der Waals surface area contributed by atoms with Gasteiger partial charge in [-0.05, 0) is 24.6 Å². The lowest BCUT2D eigenvalue weighted by Gasteiger charge is -2.35. The molecule has 1 saturated heterocycles. The molecule has 5 rings (SSSR count). The van der Waals surface area contributed by atoms with Crippen molar-refractivity contribution in [2.45, 2.75) is 13.3 Å². The Morgan fingerprint density at radius 1 is 1.13 bits per heavy atom. The highest BCUT2D eigenvalue weighted by atomic mass is 32.1. The van der Waals surface area contributed by atoms with E-state index in [9.17, 15) is 4.79 Å². The van der Waals surface area contributed by atoms with Gasteiger partial charge in [0.25, 0.3) is 5.91 Å². The van der Waals surface area contributed by atoms with Crippen molar-refractivity contribution in [3.8, 4) is 11.3 Å². The number of benzene rings is 1. The summed E-state index contributed by atoms with van der Waals surface area (Å²) in [4.78, 5) is 32.3. The molecule has 7 nitrogen and oxygen atoms in total. The van der Waals surface area contributed by atoms with Crippen LogP contribution in [0.25, 0.3) is 21.5 Å². The van der Waals surface area contributed by atoms with Crippen molar-refractivity contribution in [3.05, 3.63) is 59.7 Å². The second kappa shape index (κ2) is 7.87. The van der Waals surface area contributed by atoms with Gasteiger partial charge in [0.2, 0.25) is 0 Å². The molecule has 0 atom stereocenters. The third kappa shape index (κ3) is 3.43. The number of hydrogen-bond donors (Lipinski definition) is 0. The van der Waals surface area contributed by atoms with Gasteiger partial charge < -0.3 is 14.2 Å². The lowest BCUT2D eigenvalue weighted by atomic mass is 10.1. The first kappa shape index (κ1) is 18.7. The van der Waals surface area contributed by atoms with Crippen molar-refractivity contribution in [1.82, 2.24) is 19.9 Å². The predicted octanol–water partition coefficient (Wildman–Crippen LogP) is 3.87. The maximum absolute atomic E-state index is 12.9. The molecule has 0 saturated carbocycles. The molecule has 1 aliphatic heterocycles. The van der Waals surface area contributed by atoms with Gasteiger partial charge in [-0.15, -0.1) is 11.3 Å². The van der Waals surface area contributed by atoms with E-state index in [1.54, 1.807) is 23.9 Å². The molecule has 1 amide bonds. The van der Waals surface area contributed by atoms with E-state index < -0.39 is 0 Å². The van der Waals surface area contributed by atoms with Gasteiger partial charge in [0.05, 0.1) is 11.6 Å². The fraction of sp³-hybridized carbons (Fsp3) is 0.273. The average Bonchev–Trinajstić information content (AvgIpc) is 3.48. The Morgan fingerprint density at radius 2 is 1.93 bits per heavy atom. The van der Waals surface area contributed by atoms with Crippen molar-refractivity contribution < 1.29 is 9.21 Å². The quantitative estimate of drug-likeness (QED) is 0.500. The Bertz CT molecular complexity index is 1160. The number of fused-ring (bicyclic) bond motifs is 1. The van der Waals surface area contributed by atoms with Crippen LogP contribution < -0.4 is 4.90 Å². The molecule has 30 heavy (non-hydrogen) atoms. The first-order valence-electron chi connectivity index (χ1n) is 9.99. The molecule has 0 bridgehead atoms. The molecule has 152 valence electrons. The Balaban J connectivity index is 1.28. The summed E-state index contributed by atoms with van der Waals surface area (Å²) in [5, 5.41) is 1.11. The maximum Gasteiger partial charge on any atom is 0.253 e. The van der Waals surface area contributed by atoms with Gasteiger partial charge in [0.15, 0.2) is 12.2 Å². The van der Waals surface area contributed by atoms with Crippen LogP contribution in [0.1, 0.15) is 22.2 Å². The van der Waals surface area contributed by atoms with Crippen molar-refractivity contribution in [2.24, 2.45) is 0 Å². The third-order valence-corrected chi connectivity index (χ3v) is 6.61. The smallest absolute Gasteiger partial charge is 0.253 e. The zero-order valence-electron chi connectivity index (χ0n) is 16.6. The number of thiophene rings is 1. The van der Waals surface area contributed by atoms with Gasteiger partial charge in [-0.3, -0.25) is 4.79 Å². The fourth-order valence-electron chi connectivity index (χ4n) is 3.76. The highest BCUT2D eigenvalue weighted by Crippen LogP contribution is 2.31. The van der Waals surface area contributed by atoms with Gasteiger partial charge >= 0.3 is 0 Å². The molecule has 3 aromatic heterocycles. The molecule has 0 N–H and O–H groups in total. The minimum absolute atomic E-state index is 0.0513. The van der Waals surface area contributed by atoms with E-state index in [1.807, 2.05) is 29.2 Å². The monoisotopic (exact) mass is 419 g/mol. The second-order valence-electron chi connectivity index (χ2n) is 7.20. The van der Waals surface area contributed by atoms with E-state index in [1.165, 1.54) is 11.3 Å². The van der Waals surface area contributed by atoms with Crippen molar-refractivity contribution in [3.63, 3.8) is 0 Å². The number of oxazole rings is 1. The number of carbonyl (C=O) groups excluding carboxylic acids is 1. The van der Waals surface area contributed by atoms with Gasteiger partial charge in [-0.25, -0.2) is 15.0 Å². The van der Waals surface area contributed by atoms with E-state index in [4.69, 9.17) is 4.42 Å². The van der Waals surface area contributed by atoms with E-state index in [2.05, 4.69) is 32.8 Å². The molecule has 1 aromatic carbocycles. The number of aromatic nitrogens is 3. The minimum atomic E-state index is 0.0513. The summed E-state index contributed by atoms with van der Waals surface area (Å²) >= 11 is 1.73. The highest BCUT2D eigenvalue weighted by molar-refractivity contribution is 7.18. The summed E-state index contributed by atoms with van der Waals surface area (Å²) in [6.07, 6.45) is 5.70. The lowest BCUT2D eigenvalue weighted by Crippen LogP contribution is -2.49. The third-order valence-electron chi connectivity index (χ3n) is 5.42. The Labute approximate surface area is 178 Å². The van der Waals surface area contributed by atoms with Gasteiger partial charge in [0.1, 0.15) is 17.0 Å². The molecule has 8 heteroatoms. The predicted molar refractivity (Wildman–Crippen MR) is 117 cm³/mol. The summed E-state index contributed by atoms with van der Waals surface area (Å²) in [5.74, 6) is 1.72. The number of aryl methyl sites for hydroxylation is 1. The Hall–Kier alpha value is -3.26. The van der Waals surface area contributed by atoms with Gasteiger partial charge in [-0.1, -0.05) is 19.1 Å². The van der Waals surface area contributed by atoms with E-state index >= 15 is 0 Å². The molecule has 1 aliphatic rings. The number of piperazine rings is 1. The van der Waals surface area contributed by atoms with E-state index in [0.29, 0.717) is 24.4 Å². The summed E-state index contributed by atoms with van der Waals surface area (Å²) in [5.41, 5.74) is 1.59. The normalized spacial score (nSPS) is 14.4. The van der Waals surface area contributed by atoms with Crippen LogP contribution >= 0.6 is 11.3 Å². The van der Waals surface area contributed by atoms with Crippen molar-refractivity contribution in [1.29, 1.82) is 0 Å². The maximum atomic E-state index is 12.9. The molecule has 0 radical (unpaired) electrons. The number of carbonyl (C=O) groups is 1. The van der Waals surface area contributed by atoms with Gasteiger partial charge in [0, 0.05) is 42.2 Å². The Kier molecular flexibility index (Phi) is 4.92. The molecule has 0 aliphatic carbocycles. The highest BCUT2D eigenvalue weighted by Gasteiger charge is 2.24. The van der Waals surface area contributed by atoms with E-state index in [0.717, 1.165) is 41.1 Å². The zero-order chi connectivity index (χ0) is 20.5. The van der Waals surface area contributed by atoms with Crippen LogP contribution in [0.4, 0.5) is 5.82 Å². The first-order chi connectivity index (χ1) is 14.7. The number of hydrogen-bond acceptors (Lipinski definition) is 7. The summed E-state index contributed by atoms with van der Waals surface area (Å²) in [6.45, 7) is 4.99. The number of amides is 1. The number of rotatable bonds is 4. The molecule has 1 fully saturated rings. The molecule has 4 aromatic rings. The van der Waals surface area contributed by atoms with Crippen LogP contribution in [-0.4, -0.2) is 51.9 Å². The zero-order valence-corrected chi connectivity index (χ0v) is 17.4. The van der Waals surface area contributed by atoms with Crippen LogP contribution in [0, 0.1) is 0 Å². The minimum Gasteiger partial charge on any atom is -0.444 e. The van der Waals surface area contributed by atoms with Crippen LogP contribution in [0.5, 0.6) is 0 Å². The Morgan fingerprint density at radius 3 is 2.63 bits per heavy atom. The van der Waals surface area contributed by atoms with Crippen LogP contribution in [0.3, 0.4) is 0 Å². The fourth-order valence-corrected chi connectivity index (χ4v) is 4.69. The van der Waals surface area contributed by atoms with Gasteiger partial charge in [-0.2, -0.15) is 0 Å². The van der Waals surface area contributed by atoms with Crippen LogP contribution in [-0.2, 0) is 6.42 Å². The van der Waals surface area contributed by atoms with Crippen molar-refractivity contribution >= 4 is 33.3 Å². The van der Waals surface area contributed by atoms with Crippen LogP contribution in [0.15, 0.2) is 53.7 Å². The van der Waals surface area contributed by atoms with Crippen molar-refractivity contribution in [2.75, 3.05) is 31.1 Å². The standard InChI is InChI=1S/C22H21N5O2S/c1-2-17-11-18-20(24-13-25-21(18)30-17)26-7-9-27(10-8-26)22(28)16-5-3-15(4-6-16)19-12-23-14-29-19/h3-6,11-14H,2,7-10H2,1H3. The molecular weight excluding hydrogens is 398 g/mol. The molecular formula is C22H21N5O2S. The van der Waals surface area contributed by atoms with E-state index in [-0.39, 0.29) is 5.91 Å². The molecule has 0 spiro atoms. The second-order valence-corrected chi connectivity index (χ2v) is 8.32. The molecule has 4 heterocycles. The summed E-state index contributed by atoms with van der Waals surface area (Å²) < 4.78 is 5.31. The SMILES string of the molecule is CCc1cc2c(N3CCN(C(=O)c4ccc(-c5cnco5)cc4)CC3)ncnc2s1. The van der Waals surface area contributed by atoms with Crippen LogP contribution in [0.2, 0.25) is 0 Å². The molecule has 0 unspecified atom stereocenters.